The maximum atomic E-state index is 13.2. The van der Waals surface area contributed by atoms with Gasteiger partial charge in [0.1, 0.15) is 5.82 Å². The van der Waals surface area contributed by atoms with Crippen molar-refractivity contribution in [2.75, 3.05) is 6.54 Å². The van der Waals surface area contributed by atoms with Gasteiger partial charge in [-0.1, -0.05) is 19.1 Å². The summed E-state index contributed by atoms with van der Waals surface area (Å²) in [5.74, 6) is -0.193. The summed E-state index contributed by atoms with van der Waals surface area (Å²) in [6.07, 6.45) is 2.00. The second-order valence-electron chi connectivity index (χ2n) is 5.66. The summed E-state index contributed by atoms with van der Waals surface area (Å²) in [7, 11) is 0. The molecule has 1 aliphatic rings. The van der Waals surface area contributed by atoms with Crippen molar-refractivity contribution in [1.29, 1.82) is 0 Å². The first-order chi connectivity index (χ1) is 10.2. The van der Waals surface area contributed by atoms with Gasteiger partial charge in [0, 0.05) is 24.0 Å². The van der Waals surface area contributed by atoms with E-state index < -0.39 is 0 Å². The number of hydrogen-bond acceptors (Lipinski definition) is 3. The van der Waals surface area contributed by atoms with Crippen LogP contribution < -0.4 is 5.73 Å². The molecule has 0 fully saturated rings. The Kier molecular flexibility index (Phi) is 4.38. The zero-order valence-electron chi connectivity index (χ0n) is 12.3. The monoisotopic (exact) mass is 304 g/mol. The van der Waals surface area contributed by atoms with Crippen LogP contribution in [0.2, 0.25) is 0 Å². The van der Waals surface area contributed by atoms with Crippen molar-refractivity contribution in [3.8, 4) is 0 Å². The van der Waals surface area contributed by atoms with E-state index in [4.69, 9.17) is 5.73 Å². The standard InChI is InChI=1S/C17H21FN2S/c1-2-15(19)17(12-3-5-14(18)6-4-12)20-9-7-16-13(11-20)8-10-21-16/h3-6,8,10,15,17H,2,7,9,11,19H2,1H3. The van der Waals surface area contributed by atoms with Crippen LogP contribution in [0.3, 0.4) is 0 Å². The first-order valence-electron chi connectivity index (χ1n) is 7.49. The van der Waals surface area contributed by atoms with Crippen molar-refractivity contribution in [2.45, 2.75) is 38.4 Å². The van der Waals surface area contributed by atoms with Crippen LogP contribution in [0.25, 0.3) is 0 Å². The van der Waals surface area contributed by atoms with Crippen LogP contribution >= 0.6 is 11.3 Å². The molecule has 0 radical (unpaired) electrons. The molecule has 21 heavy (non-hydrogen) atoms. The number of nitrogens with two attached hydrogens (primary N) is 1. The Labute approximate surface area is 129 Å². The van der Waals surface area contributed by atoms with E-state index in [0.29, 0.717) is 0 Å². The van der Waals surface area contributed by atoms with Gasteiger partial charge >= 0.3 is 0 Å². The molecule has 2 nitrogen and oxygen atoms in total. The number of hydrogen-bond donors (Lipinski definition) is 1. The Morgan fingerprint density at radius 1 is 1.29 bits per heavy atom. The predicted octanol–water partition coefficient (Wildman–Crippen LogP) is 3.72. The van der Waals surface area contributed by atoms with Gasteiger partial charge in [-0.05, 0) is 47.5 Å². The third-order valence-electron chi connectivity index (χ3n) is 4.32. The number of halogens is 1. The molecule has 4 heteroatoms. The second kappa shape index (κ2) is 6.26. The van der Waals surface area contributed by atoms with Crippen molar-refractivity contribution in [2.24, 2.45) is 5.73 Å². The highest BCUT2D eigenvalue weighted by Crippen LogP contribution is 2.32. The molecule has 2 atom stereocenters. The predicted molar refractivity (Wildman–Crippen MR) is 85.8 cm³/mol. The van der Waals surface area contributed by atoms with Gasteiger partial charge in [0.05, 0.1) is 6.04 Å². The lowest BCUT2D eigenvalue weighted by Crippen LogP contribution is -2.43. The van der Waals surface area contributed by atoms with Crippen molar-refractivity contribution in [1.82, 2.24) is 4.90 Å². The lowest BCUT2D eigenvalue weighted by atomic mass is 9.94. The summed E-state index contributed by atoms with van der Waals surface area (Å²) < 4.78 is 13.2. The Bertz CT molecular complexity index is 593. The van der Waals surface area contributed by atoms with Gasteiger partial charge in [-0.15, -0.1) is 11.3 Å². The molecule has 2 aromatic rings. The number of thiophene rings is 1. The van der Waals surface area contributed by atoms with Crippen LogP contribution in [0.4, 0.5) is 4.39 Å². The van der Waals surface area contributed by atoms with E-state index in [1.54, 1.807) is 0 Å². The van der Waals surface area contributed by atoms with Gasteiger partial charge in [0.2, 0.25) is 0 Å². The Morgan fingerprint density at radius 2 is 2.05 bits per heavy atom. The topological polar surface area (TPSA) is 29.3 Å². The van der Waals surface area contributed by atoms with Crippen LogP contribution in [0.1, 0.15) is 35.4 Å². The van der Waals surface area contributed by atoms with E-state index >= 15 is 0 Å². The summed E-state index contributed by atoms with van der Waals surface area (Å²) in [5.41, 5.74) is 8.91. The fraction of sp³-hybridized carbons (Fsp3) is 0.412. The smallest absolute Gasteiger partial charge is 0.123 e. The third kappa shape index (κ3) is 3.03. The summed E-state index contributed by atoms with van der Waals surface area (Å²) in [5, 5.41) is 2.17. The van der Waals surface area contributed by atoms with Crippen LogP contribution in [0, 0.1) is 5.82 Å². The minimum atomic E-state index is -0.193. The van der Waals surface area contributed by atoms with Gasteiger partial charge in [0.25, 0.3) is 0 Å². The van der Waals surface area contributed by atoms with Crippen LogP contribution in [-0.2, 0) is 13.0 Å². The molecule has 112 valence electrons. The Balaban J connectivity index is 1.88. The zero-order valence-corrected chi connectivity index (χ0v) is 13.1. The van der Waals surface area contributed by atoms with E-state index in [1.807, 2.05) is 23.5 Å². The van der Waals surface area contributed by atoms with Gasteiger partial charge in [0.15, 0.2) is 0 Å². The Hall–Kier alpha value is -1.23. The van der Waals surface area contributed by atoms with Crippen LogP contribution in [0.5, 0.6) is 0 Å². The molecule has 0 spiro atoms. The third-order valence-corrected chi connectivity index (χ3v) is 5.34. The van der Waals surface area contributed by atoms with Crippen molar-refractivity contribution in [3.63, 3.8) is 0 Å². The summed E-state index contributed by atoms with van der Waals surface area (Å²) in [4.78, 5) is 3.94. The number of nitrogens with zero attached hydrogens (tertiary/aromatic N) is 1. The summed E-state index contributed by atoms with van der Waals surface area (Å²) >= 11 is 1.84. The van der Waals surface area contributed by atoms with E-state index in [1.165, 1.54) is 22.6 Å². The lowest BCUT2D eigenvalue weighted by molar-refractivity contribution is 0.154. The average Bonchev–Trinajstić information content (AvgIpc) is 2.97. The van der Waals surface area contributed by atoms with Crippen LogP contribution in [0.15, 0.2) is 35.7 Å². The Morgan fingerprint density at radius 3 is 2.76 bits per heavy atom. The van der Waals surface area contributed by atoms with Crippen molar-refractivity contribution in [3.05, 3.63) is 57.5 Å². The van der Waals surface area contributed by atoms with Gasteiger partial charge in [-0.3, -0.25) is 4.90 Å². The molecule has 0 amide bonds. The van der Waals surface area contributed by atoms with Crippen LogP contribution in [-0.4, -0.2) is 17.5 Å². The maximum absolute atomic E-state index is 13.2. The average molecular weight is 304 g/mol. The molecule has 0 bridgehead atoms. The highest BCUT2D eigenvalue weighted by Gasteiger charge is 2.29. The molecule has 2 unspecified atom stereocenters. The normalized spacial score (nSPS) is 18.2. The molecule has 1 aliphatic heterocycles. The number of rotatable bonds is 4. The fourth-order valence-electron chi connectivity index (χ4n) is 3.12. The molecule has 3 rings (SSSR count). The molecule has 1 aromatic carbocycles. The number of benzene rings is 1. The molecular weight excluding hydrogens is 283 g/mol. The maximum Gasteiger partial charge on any atom is 0.123 e. The second-order valence-corrected chi connectivity index (χ2v) is 6.66. The van der Waals surface area contributed by atoms with Gasteiger partial charge in [-0.2, -0.15) is 0 Å². The van der Waals surface area contributed by atoms with E-state index in [-0.39, 0.29) is 17.9 Å². The van der Waals surface area contributed by atoms with Gasteiger partial charge in [-0.25, -0.2) is 4.39 Å². The van der Waals surface area contributed by atoms with E-state index in [0.717, 1.165) is 31.5 Å². The quantitative estimate of drug-likeness (QED) is 0.932. The zero-order chi connectivity index (χ0) is 14.8. The SMILES string of the molecule is CCC(N)C(c1ccc(F)cc1)N1CCc2sccc2C1. The fourth-order valence-corrected chi connectivity index (χ4v) is 4.01. The largest absolute Gasteiger partial charge is 0.326 e. The molecule has 2 heterocycles. The summed E-state index contributed by atoms with van der Waals surface area (Å²) in [6.45, 7) is 4.07. The molecule has 2 N–H and O–H groups in total. The van der Waals surface area contributed by atoms with Crippen molar-refractivity contribution < 1.29 is 4.39 Å². The highest BCUT2D eigenvalue weighted by molar-refractivity contribution is 7.10. The first-order valence-corrected chi connectivity index (χ1v) is 8.37. The molecule has 0 saturated heterocycles. The van der Waals surface area contributed by atoms with Gasteiger partial charge < -0.3 is 5.73 Å². The van der Waals surface area contributed by atoms with Crippen molar-refractivity contribution >= 4 is 11.3 Å². The minimum Gasteiger partial charge on any atom is -0.326 e. The van der Waals surface area contributed by atoms with E-state index in [9.17, 15) is 4.39 Å². The molecule has 0 aliphatic carbocycles. The molecular formula is C17H21FN2S. The minimum absolute atomic E-state index is 0.0654. The molecule has 0 saturated carbocycles. The highest BCUT2D eigenvalue weighted by atomic mass is 32.1. The first kappa shape index (κ1) is 14.7. The lowest BCUT2D eigenvalue weighted by Gasteiger charge is -2.38. The summed E-state index contributed by atoms with van der Waals surface area (Å²) in [6, 6.07) is 9.25. The number of fused-ring (bicyclic) bond motifs is 1. The van der Waals surface area contributed by atoms with E-state index in [2.05, 4.69) is 23.3 Å². The molecule has 1 aromatic heterocycles.